The highest BCUT2D eigenvalue weighted by molar-refractivity contribution is 6.17. The molecule has 0 amide bonds. The minimum absolute atomic E-state index is 0.491. The lowest BCUT2D eigenvalue weighted by molar-refractivity contribution is 1.18. The third-order valence-electron chi connectivity index (χ3n) is 11.7. The zero-order valence-corrected chi connectivity index (χ0v) is 30.9. The molecule has 3 aromatic heterocycles. The normalized spacial score (nSPS) is 12.4. The van der Waals surface area contributed by atoms with Crippen molar-refractivity contribution in [1.29, 1.82) is 0 Å². The van der Waals surface area contributed by atoms with Gasteiger partial charge in [0.15, 0.2) is 0 Å². The van der Waals surface area contributed by atoms with Crippen LogP contribution >= 0.6 is 0 Å². The van der Waals surface area contributed by atoms with Crippen LogP contribution < -0.4 is 0 Å². The Labute approximate surface area is 332 Å². The molecule has 0 aliphatic heterocycles. The minimum atomic E-state index is 0.491. The maximum Gasteiger partial charge on any atom is 0.0623 e. The van der Waals surface area contributed by atoms with Crippen molar-refractivity contribution in [2.24, 2.45) is 0 Å². The van der Waals surface area contributed by atoms with Crippen molar-refractivity contribution in [3.8, 4) is 39.3 Å². The Morgan fingerprint density at radius 1 is 0.281 bits per heavy atom. The van der Waals surface area contributed by atoms with Gasteiger partial charge >= 0.3 is 0 Å². The van der Waals surface area contributed by atoms with E-state index in [2.05, 4.69) is 177 Å². The summed E-state index contributed by atoms with van der Waals surface area (Å²) in [5.74, 6) is 0. The molecular formula is C54H35N3. The number of hydrogen-bond donors (Lipinski definition) is 0. The smallest absolute Gasteiger partial charge is 0.0623 e. The molecule has 57 heavy (non-hydrogen) atoms. The van der Waals surface area contributed by atoms with Crippen molar-refractivity contribution in [1.82, 2.24) is 13.7 Å². The van der Waals surface area contributed by atoms with Gasteiger partial charge in [-0.05, 0) is 108 Å². The van der Waals surface area contributed by atoms with Gasteiger partial charge in [0.25, 0.3) is 0 Å². The SMILES string of the molecule is [2H]c1ccc2c(c1)c1cc(-c3cc(-c4ccc5c(c4)c4cc([2H])ccc4n5-c4ccccc4)c4c(c3)c3ccccc3n4-c3ccccc3)ccc1n2-c1ccccc1. The van der Waals surface area contributed by atoms with Crippen LogP contribution in [0.3, 0.4) is 0 Å². The van der Waals surface area contributed by atoms with Gasteiger partial charge in [-0.1, -0.05) is 121 Å². The zero-order valence-electron chi connectivity index (χ0n) is 32.9. The summed E-state index contributed by atoms with van der Waals surface area (Å²) in [6.07, 6.45) is 0. The third kappa shape index (κ3) is 4.79. The summed E-state index contributed by atoms with van der Waals surface area (Å²) >= 11 is 0. The van der Waals surface area contributed by atoms with E-state index in [1.807, 2.05) is 36.4 Å². The van der Waals surface area contributed by atoms with Crippen molar-refractivity contribution in [2.75, 3.05) is 0 Å². The van der Waals surface area contributed by atoms with E-state index in [0.717, 1.165) is 94.0 Å². The van der Waals surface area contributed by atoms with Crippen LogP contribution in [0.5, 0.6) is 0 Å². The molecule has 0 saturated carbocycles. The van der Waals surface area contributed by atoms with E-state index in [1.54, 1.807) is 0 Å². The van der Waals surface area contributed by atoms with Gasteiger partial charge in [-0.2, -0.15) is 0 Å². The number of aromatic nitrogens is 3. The zero-order chi connectivity index (χ0) is 39.2. The van der Waals surface area contributed by atoms with Crippen LogP contribution in [0.15, 0.2) is 212 Å². The molecule has 0 saturated heterocycles. The number of rotatable bonds is 5. The topological polar surface area (TPSA) is 14.8 Å². The maximum atomic E-state index is 8.65. The quantitative estimate of drug-likeness (QED) is 0.168. The molecule has 0 N–H and O–H groups in total. The van der Waals surface area contributed by atoms with E-state index in [9.17, 15) is 0 Å². The number of hydrogen-bond acceptors (Lipinski definition) is 0. The standard InChI is InChI=1S/C54H35N3/c1-4-16-39(17-5-1)55-49-25-13-10-22-42(49)46-32-36(28-30-52(46)55)38-34-45(54-48(35-38)44-24-12-15-27-51(44)57(54)41-20-8-3-9-21-41)37-29-31-53-47(33-37)43-23-11-14-26-50(43)56(53)40-18-6-2-7-19-40/h1-35H/i10D,11D. The van der Waals surface area contributed by atoms with E-state index in [4.69, 9.17) is 2.74 Å². The number of fused-ring (bicyclic) bond motifs is 9. The Hall–Kier alpha value is -7.62. The summed E-state index contributed by atoms with van der Waals surface area (Å²) in [6, 6.07) is 71.6. The van der Waals surface area contributed by atoms with Crippen molar-refractivity contribution in [2.45, 2.75) is 0 Å². The van der Waals surface area contributed by atoms with Gasteiger partial charge in [-0.15, -0.1) is 0 Å². The molecule has 3 heteroatoms. The largest absolute Gasteiger partial charge is 0.309 e. The first-order chi connectivity index (χ1) is 29.1. The predicted molar refractivity (Wildman–Crippen MR) is 240 cm³/mol. The van der Waals surface area contributed by atoms with Gasteiger partial charge in [0.1, 0.15) is 0 Å². The van der Waals surface area contributed by atoms with E-state index >= 15 is 0 Å². The van der Waals surface area contributed by atoms with E-state index < -0.39 is 0 Å². The van der Waals surface area contributed by atoms with Crippen LogP contribution in [-0.4, -0.2) is 13.7 Å². The molecule has 12 aromatic rings. The molecule has 9 aromatic carbocycles. The Kier molecular flexibility index (Phi) is 6.49. The fourth-order valence-electron chi connectivity index (χ4n) is 9.21. The van der Waals surface area contributed by atoms with Gasteiger partial charge in [0.2, 0.25) is 0 Å². The predicted octanol–water partition coefficient (Wildman–Crippen LogP) is 14.3. The van der Waals surface area contributed by atoms with Crippen LogP contribution in [0.25, 0.3) is 105 Å². The summed E-state index contributed by atoms with van der Waals surface area (Å²) in [4.78, 5) is 0. The first kappa shape index (κ1) is 29.7. The molecule has 12 rings (SSSR count). The Morgan fingerprint density at radius 2 is 0.702 bits per heavy atom. The van der Waals surface area contributed by atoms with Crippen LogP contribution in [0, 0.1) is 0 Å². The van der Waals surface area contributed by atoms with Crippen molar-refractivity contribution in [3.05, 3.63) is 212 Å². The molecule has 266 valence electrons. The number of para-hydroxylation sites is 6. The van der Waals surface area contributed by atoms with Crippen molar-refractivity contribution in [3.63, 3.8) is 0 Å². The lowest BCUT2D eigenvalue weighted by Crippen LogP contribution is -1.96. The van der Waals surface area contributed by atoms with Crippen molar-refractivity contribution < 1.29 is 2.74 Å². The highest BCUT2D eigenvalue weighted by atomic mass is 15.0. The van der Waals surface area contributed by atoms with Crippen LogP contribution in [0.1, 0.15) is 2.74 Å². The summed E-state index contributed by atoms with van der Waals surface area (Å²) in [5.41, 5.74) is 14.4. The molecule has 0 unspecified atom stereocenters. The van der Waals surface area contributed by atoms with Gasteiger partial charge in [-0.3, -0.25) is 0 Å². The molecule has 0 radical (unpaired) electrons. The van der Waals surface area contributed by atoms with E-state index in [0.29, 0.717) is 12.1 Å². The van der Waals surface area contributed by atoms with Crippen molar-refractivity contribution >= 4 is 65.4 Å². The second-order valence-corrected chi connectivity index (χ2v) is 14.8. The number of nitrogens with zero attached hydrogens (tertiary/aromatic N) is 3. The van der Waals surface area contributed by atoms with Gasteiger partial charge in [0, 0.05) is 54.9 Å². The lowest BCUT2D eigenvalue weighted by atomic mass is 9.94. The summed E-state index contributed by atoms with van der Waals surface area (Å²) in [5, 5.41) is 6.72. The highest BCUT2D eigenvalue weighted by Crippen LogP contribution is 2.44. The van der Waals surface area contributed by atoms with Gasteiger partial charge in [0.05, 0.1) is 35.8 Å². The van der Waals surface area contributed by atoms with Crippen LogP contribution in [0.2, 0.25) is 0 Å². The van der Waals surface area contributed by atoms with E-state index in [-0.39, 0.29) is 0 Å². The molecule has 0 fully saturated rings. The molecule has 0 aliphatic carbocycles. The Morgan fingerprint density at radius 3 is 1.30 bits per heavy atom. The second kappa shape index (κ2) is 12.5. The molecule has 0 aliphatic rings. The molecule has 3 heterocycles. The minimum Gasteiger partial charge on any atom is -0.309 e. The number of benzene rings is 9. The summed E-state index contributed by atoms with van der Waals surface area (Å²) in [6.45, 7) is 0. The molecular weight excluding hydrogens is 691 g/mol. The van der Waals surface area contributed by atoms with Crippen LogP contribution in [0.4, 0.5) is 0 Å². The van der Waals surface area contributed by atoms with Crippen LogP contribution in [-0.2, 0) is 0 Å². The summed E-state index contributed by atoms with van der Waals surface area (Å²) in [7, 11) is 0. The monoisotopic (exact) mass is 727 g/mol. The fourth-order valence-corrected chi connectivity index (χ4v) is 9.21. The van der Waals surface area contributed by atoms with Gasteiger partial charge in [-0.25, -0.2) is 0 Å². The third-order valence-corrected chi connectivity index (χ3v) is 11.7. The fraction of sp³-hybridized carbons (Fsp3) is 0. The first-order valence-corrected chi connectivity index (χ1v) is 19.4. The summed E-state index contributed by atoms with van der Waals surface area (Å²) < 4.78 is 24.3. The molecule has 0 atom stereocenters. The Bertz CT molecular complexity index is 3620. The second-order valence-electron chi connectivity index (χ2n) is 14.8. The lowest BCUT2D eigenvalue weighted by Gasteiger charge is -2.15. The molecule has 0 bridgehead atoms. The maximum absolute atomic E-state index is 8.65. The average molecular weight is 728 g/mol. The van der Waals surface area contributed by atoms with E-state index in [1.165, 1.54) is 10.8 Å². The van der Waals surface area contributed by atoms with Gasteiger partial charge < -0.3 is 13.7 Å². The molecule has 0 spiro atoms. The highest BCUT2D eigenvalue weighted by Gasteiger charge is 2.21. The first-order valence-electron chi connectivity index (χ1n) is 20.4. The molecule has 3 nitrogen and oxygen atoms in total. The Balaban J connectivity index is 1.17. The average Bonchev–Trinajstić information content (AvgIpc) is 3.91.